The Morgan fingerprint density at radius 2 is 2.00 bits per heavy atom. The van der Waals surface area contributed by atoms with E-state index in [4.69, 9.17) is 4.74 Å². The number of hydrogen-bond acceptors (Lipinski definition) is 4. The Bertz CT molecular complexity index is 428. The van der Waals surface area contributed by atoms with Gasteiger partial charge in [0.15, 0.2) is 0 Å². The van der Waals surface area contributed by atoms with Gasteiger partial charge < -0.3 is 15.2 Å². The van der Waals surface area contributed by atoms with Gasteiger partial charge in [-0.1, -0.05) is 0 Å². The molecule has 0 aromatic heterocycles. The first-order valence-corrected chi connectivity index (χ1v) is 8.68. The lowest BCUT2D eigenvalue weighted by Gasteiger charge is -2.40. The van der Waals surface area contributed by atoms with Crippen LogP contribution >= 0.6 is 0 Å². The molecular formula is C17H30N2O3. The average Bonchev–Trinajstić information content (AvgIpc) is 3.00. The SMILES string of the molecule is CC(C)(C)OC(=O)NC1CCC(O)CC1N1CCC2(CC2)C1. The van der Waals surface area contributed by atoms with E-state index in [-0.39, 0.29) is 24.3 Å². The molecule has 3 fully saturated rings. The largest absolute Gasteiger partial charge is 0.444 e. The van der Waals surface area contributed by atoms with E-state index >= 15 is 0 Å². The number of nitrogens with zero attached hydrogens (tertiary/aromatic N) is 1. The maximum absolute atomic E-state index is 12.1. The van der Waals surface area contributed by atoms with E-state index in [1.54, 1.807) is 0 Å². The van der Waals surface area contributed by atoms with E-state index in [1.165, 1.54) is 19.3 Å². The van der Waals surface area contributed by atoms with Gasteiger partial charge in [0.05, 0.1) is 6.10 Å². The minimum Gasteiger partial charge on any atom is -0.444 e. The van der Waals surface area contributed by atoms with Gasteiger partial charge in [-0.2, -0.15) is 0 Å². The first-order valence-electron chi connectivity index (χ1n) is 8.68. The maximum atomic E-state index is 12.1. The monoisotopic (exact) mass is 310 g/mol. The summed E-state index contributed by atoms with van der Waals surface area (Å²) in [6.07, 6.45) is 5.75. The normalized spacial score (nSPS) is 34.6. The molecule has 3 unspecified atom stereocenters. The summed E-state index contributed by atoms with van der Waals surface area (Å²) in [5.74, 6) is 0. The van der Waals surface area contributed by atoms with Crippen molar-refractivity contribution < 1.29 is 14.6 Å². The molecular weight excluding hydrogens is 280 g/mol. The lowest BCUT2D eigenvalue weighted by Crippen LogP contribution is -2.55. The Morgan fingerprint density at radius 1 is 1.27 bits per heavy atom. The minimum atomic E-state index is -0.473. The highest BCUT2D eigenvalue weighted by atomic mass is 16.6. The van der Waals surface area contributed by atoms with Crippen LogP contribution in [0.4, 0.5) is 4.79 Å². The van der Waals surface area contributed by atoms with Gasteiger partial charge in [-0.3, -0.25) is 4.90 Å². The number of rotatable bonds is 2. The van der Waals surface area contributed by atoms with Crippen molar-refractivity contribution in [3.05, 3.63) is 0 Å². The molecule has 1 heterocycles. The Morgan fingerprint density at radius 3 is 2.59 bits per heavy atom. The van der Waals surface area contributed by atoms with Crippen molar-refractivity contribution in [1.82, 2.24) is 10.2 Å². The summed E-state index contributed by atoms with van der Waals surface area (Å²) < 4.78 is 5.40. The van der Waals surface area contributed by atoms with Gasteiger partial charge in [0.25, 0.3) is 0 Å². The molecule has 22 heavy (non-hydrogen) atoms. The minimum absolute atomic E-state index is 0.0900. The molecule has 2 saturated carbocycles. The zero-order valence-electron chi connectivity index (χ0n) is 14.1. The summed E-state index contributed by atoms with van der Waals surface area (Å²) in [6.45, 7) is 7.88. The van der Waals surface area contributed by atoms with E-state index in [9.17, 15) is 9.90 Å². The van der Waals surface area contributed by atoms with Crippen LogP contribution in [0.3, 0.4) is 0 Å². The van der Waals surface area contributed by atoms with Crippen molar-refractivity contribution in [2.75, 3.05) is 13.1 Å². The fourth-order valence-corrected chi connectivity index (χ4v) is 3.99. The van der Waals surface area contributed by atoms with Gasteiger partial charge in [-0.25, -0.2) is 4.79 Å². The van der Waals surface area contributed by atoms with Gasteiger partial charge in [0.2, 0.25) is 0 Å². The van der Waals surface area contributed by atoms with Gasteiger partial charge in [0.1, 0.15) is 5.60 Å². The van der Waals surface area contributed by atoms with Crippen molar-refractivity contribution in [3.63, 3.8) is 0 Å². The van der Waals surface area contributed by atoms with Crippen molar-refractivity contribution in [2.24, 2.45) is 5.41 Å². The van der Waals surface area contributed by atoms with Gasteiger partial charge >= 0.3 is 6.09 Å². The van der Waals surface area contributed by atoms with Crippen LogP contribution in [0, 0.1) is 5.41 Å². The molecule has 126 valence electrons. The van der Waals surface area contributed by atoms with Gasteiger partial charge in [-0.05, 0) is 71.3 Å². The Kier molecular flexibility index (Phi) is 4.14. The highest BCUT2D eigenvalue weighted by Crippen LogP contribution is 2.53. The Labute approximate surface area is 133 Å². The number of likely N-dealkylation sites (tertiary alicyclic amines) is 1. The molecule has 3 rings (SSSR count). The standard InChI is InChI=1S/C17H30N2O3/c1-16(2,3)22-15(21)18-13-5-4-12(20)10-14(13)19-9-8-17(11-19)6-7-17/h12-14,20H,4-11H2,1-3H3,(H,18,21). The highest BCUT2D eigenvalue weighted by molar-refractivity contribution is 5.68. The molecule has 2 N–H and O–H groups in total. The van der Waals surface area contributed by atoms with E-state index in [1.807, 2.05) is 20.8 Å². The van der Waals surface area contributed by atoms with E-state index in [0.717, 1.165) is 32.4 Å². The van der Waals surface area contributed by atoms with E-state index < -0.39 is 5.60 Å². The predicted octanol–water partition coefficient (Wildman–Crippen LogP) is 2.28. The first-order chi connectivity index (χ1) is 10.3. The molecule has 0 radical (unpaired) electrons. The number of aliphatic hydroxyl groups is 1. The number of amides is 1. The number of aliphatic hydroxyl groups excluding tert-OH is 1. The van der Waals surface area contributed by atoms with Crippen molar-refractivity contribution in [2.45, 2.75) is 83.1 Å². The van der Waals surface area contributed by atoms with Crippen LogP contribution in [0.25, 0.3) is 0 Å². The van der Waals surface area contributed by atoms with Gasteiger partial charge in [0, 0.05) is 18.6 Å². The van der Waals surface area contributed by atoms with Crippen LogP contribution in [0.1, 0.15) is 59.3 Å². The highest BCUT2D eigenvalue weighted by Gasteiger charge is 2.50. The van der Waals surface area contributed by atoms with Crippen LogP contribution in [-0.4, -0.2) is 53.0 Å². The van der Waals surface area contributed by atoms with Gasteiger partial charge in [-0.15, -0.1) is 0 Å². The number of alkyl carbamates (subject to hydrolysis) is 1. The second-order valence-corrected chi connectivity index (χ2v) is 8.51. The second kappa shape index (κ2) is 5.68. The summed E-state index contributed by atoms with van der Waals surface area (Å²) in [5.41, 5.74) is 0.0956. The number of hydrogen-bond donors (Lipinski definition) is 2. The molecule has 1 saturated heterocycles. The number of nitrogens with one attached hydrogen (secondary N) is 1. The van der Waals surface area contributed by atoms with Crippen LogP contribution in [-0.2, 0) is 4.74 Å². The molecule has 2 aliphatic carbocycles. The summed E-state index contributed by atoms with van der Waals surface area (Å²) in [7, 11) is 0. The number of carbonyl (C=O) groups excluding carboxylic acids is 1. The fourth-order valence-electron chi connectivity index (χ4n) is 3.99. The summed E-state index contributed by atoms with van der Waals surface area (Å²) in [5, 5.41) is 13.1. The Balaban J connectivity index is 1.61. The molecule has 0 aromatic carbocycles. The maximum Gasteiger partial charge on any atom is 0.407 e. The lowest BCUT2D eigenvalue weighted by atomic mass is 9.87. The summed E-state index contributed by atoms with van der Waals surface area (Å²) in [6, 6.07) is 0.336. The number of carbonyl (C=O) groups is 1. The molecule has 1 spiro atoms. The molecule has 5 nitrogen and oxygen atoms in total. The summed E-state index contributed by atoms with van der Waals surface area (Å²) >= 11 is 0. The Hall–Kier alpha value is -0.810. The number of ether oxygens (including phenoxy) is 1. The van der Waals surface area contributed by atoms with Crippen LogP contribution in [0.15, 0.2) is 0 Å². The zero-order valence-corrected chi connectivity index (χ0v) is 14.1. The van der Waals surface area contributed by atoms with E-state index in [2.05, 4.69) is 10.2 Å². The topological polar surface area (TPSA) is 61.8 Å². The summed E-state index contributed by atoms with van der Waals surface area (Å²) in [4.78, 5) is 14.6. The predicted molar refractivity (Wildman–Crippen MR) is 84.7 cm³/mol. The third kappa shape index (κ3) is 3.74. The zero-order chi connectivity index (χ0) is 16.0. The molecule has 3 atom stereocenters. The van der Waals surface area contributed by atoms with Crippen molar-refractivity contribution in [1.29, 1.82) is 0 Å². The molecule has 1 aliphatic heterocycles. The fraction of sp³-hybridized carbons (Fsp3) is 0.941. The average molecular weight is 310 g/mol. The third-order valence-corrected chi connectivity index (χ3v) is 5.39. The van der Waals surface area contributed by atoms with Crippen LogP contribution < -0.4 is 5.32 Å². The molecule has 0 bridgehead atoms. The van der Waals surface area contributed by atoms with E-state index in [0.29, 0.717) is 5.41 Å². The smallest absolute Gasteiger partial charge is 0.407 e. The van der Waals surface area contributed by atoms with Crippen LogP contribution in [0.2, 0.25) is 0 Å². The van der Waals surface area contributed by atoms with Crippen molar-refractivity contribution >= 4 is 6.09 Å². The second-order valence-electron chi connectivity index (χ2n) is 8.51. The quantitative estimate of drug-likeness (QED) is 0.821. The molecule has 3 aliphatic rings. The lowest BCUT2D eigenvalue weighted by molar-refractivity contribution is 0.0272. The third-order valence-electron chi connectivity index (χ3n) is 5.39. The van der Waals surface area contributed by atoms with Crippen molar-refractivity contribution in [3.8, 4) is 0 Å². The first kappa shape index (κ1) is 16.1. The molecule has 5 heteroatoms. The van der Waals surface area contributed by atoms with Crippen LogP contribution in [0.5, 0.6) is 0 Å². The molecule has 1 amide bonds. The molecule has 0 aromatic rings.